The zero-order valence-corrected chi connectivity index (χ0v) is 15.0. The minimum absolute atomic E-state index is 0.0562. The summed E-state index contributed by atoms with van der Waals surface area (Å²) in [5.41, 5.74) is 0.967. The van der Waals surface area contributed by atoms with E-state index in [0.717, 1.165) is 24.4 Å². The normalized spacial score (nSPS) is 17.8. The number of hydrogen-bond donors (Lipinski definition) is 1. The Morgan fingerprint density at radius 1 is 1.29 bits per heavy atom. The number of imidazole rings is 1. The first kappa shape index (κ1) is 17.0. The van der Waals surface area contributed by atoms with Gasteiger partial charge in [-0.1, -0.05) is 0 Å². The van der Waals surface area contributed by atoms with E-state index in [9.17, 15) is 8.42 Å². The van der Waals surface area contributed by atoms with Gasteiger partial charge in [0.25, 0.3) is 0 Å². The maximum atomic E-state index is 12.6. The number of sulfonamides is 1. The Morgan fingerprint density at radius 2 is 2.00 bits per heavy atom. The average Bonchev–Trinajstić information content (AvgIpc) is 2.86. The summed E-state index contributed by atoms with van der Waals surface area (Å²) in [6.07, 6.45) is 3.56. The Kier molecular flexibility index (Phi) is 4.64. The van der Waals surface area contributed by atoms with Crippen LogP contribution in [-0.4, -0.2) is 30.1 Å². The van der Waals surface area contributed by atoms with Crippen LogP contribution in [0.3, 0.4) is 0 Å². The van der Waals surface area contributed by atoms with Gasteiger partial charge in [0.2, 0.25) is 10.0 Å². The van der Waals surface area contributed by atoms with Crippen molar-refractivity contribution in [2.45, 2.75) is 57.2 Å². The molecule has 0 saturated heterocycles. The number of benzene rings is 1. The molecule has 2 heterocycles. The molecule has 7 heteroatoms. The molecule has 1 aliphatic heterocycles. The fourth-order valence-electron chi connectivity index (χ4n) is 2.94. The van der Waals surface area contributed by atoms with Gasteiger partial charge in [-0.25, -0.2) is 18.1 Å². The lowest BCUT2D eigenvalue weighted by molar-refractivity contribution is 0.242. The van der Waals surface area contributed by atoms with Gasteiger partial charge in [-0.05, 0) is 51.5 Å². The molecule has 0 spiro atoms. The zero-order valence-electron chi connectivity index (χ0n) is 14.2. The van der Waals surface area contributed by atoms with Crippen LogP contribution in [0.2, 0.25) is 0 Å². The van der Waals surface area contributed by atoms with Gasteiger partial charge in [0, 0.05) is 25.2 Å². The van der Waals surface area contributed by atoms with Crippen molar-refractivity contribution < 1.29 is 13.2 Å². The van der Waals surface area contributed by atoms with Gasteiger partial charge in [-0.3, -0.25) is 0 Å². The predicted molar refractivity (Wildman–Crippen MR) is 91.6 cm³/mol. The largest absolute Gasteiger partial charge is 0.491 e. The first-order valence-corrected chi connectivity index (χ1v) is 9.63. The summed E-state index contributed by atoms with van der Waals surface area (Å²) in [5, 5.41) is 0. The maximum absolute atomic E-state index is 12.6. The van der Waals surface area contributed by atoms with Gasteiger partial charge >= 0.3 is 0 Å². The van der Waals surface area contributed by atoms with E-state index in [0.29, 0.717) is 12.3 Å². The number of rotatable bonds is 5. The molecule has 1 aromatic heterocycles. The first-order chi connectivity index (χ1) is 11.3. The zero-order chi connectivity index (χ0) is 17.3. The van der Waals surface area contributed by atoms with Gasteiger partial charge < -0.3 is 9.30 Å². The van der Waals surface area contributed by atoms with Crippen LogP contribution >= 0.6 is 0 Å². The van der Waals surface area contributed by atoms with E-state index in [1.54, 1.807) is 24.3 Å². The van der Waals surface area contributed by atoms with Crippen LogP contribution in [0.15, 0.2) is 35.4 Å². The van der Waals surface area contributed by atoms with Gasteiger partial charge in [0.15, 0.2) is 0 Å². The molecular formula is C17H23N3O3S. The summed E-state index contributed by atoms with van der Waals surface area (Å²) in [4.78, 5) is 4.70. The maximum Gasteiger partial charge on any atom is 0.240 e. The molecule has 3 rings (SSSR count). The highest BCUT2D eigenvalue weighted by Gasteiger charge is 2.25. The Hall–Kier alpha value is -1.86. The second-order valence-corrected chi connectivity index (χ2v) is 8.16. The molecule has 6 nitrogen and oxygen atoms in total. The van der Waals surface area contributed by atoms with E-state index < -0.39 is 10.0 Å². The van der Waals surface area contributed by atoms with E-state index in [1.807, 2.05) is 31.5 Å². The number of nitrogens with one attached hydrogen (secondary N) is 1. The highest BCUT2D eigenvalue weighted by molar-refractivity contribution is 7.89. The van der Waals surface area contributed by atoms with Crippen molar-refractivity contribution in [3.8, 4) is 5.75 Å². The third-order valence-corrected chi connectivity index (χ3v) is 5.48. The van der Waals surface area contributed by atoms with Crippen LogP contribution in [0.4, 0.5) is 0 Å². The fraction of sp³-hybridized carbons (Fsp3) is 0.471. The molecule has 0 amide bonds. The van der Waals surface area contributed by atoms with Crippen LogP contribution in [-0.2, 0) is 23.0 Å². The van der Waals surface area contributed by atoms with Crippen molar-refractivity contribution in [3.63, 3.8) is 0 Å². The van der Waals surface area contributed by atoms with Crippen molar-refractivity contribution in [2.75, 3.05) is 0 Å². The topological polar surface area (TPSA) is 73.2 Å². The molecular weight excluding hydrogens is 326 g/mol. The number of aromatic nitrogens is 2. The lowest BCUT2D eigenvalue weighted by Gasteiger charge is -2.24. The number of hydrogen-bond acceptors (Lipinski definition) is 4. The van der Waals surface area contributed by atoms with Gasteiger partial charge in [-0.15, -0.1) is 0 Å². The van der Waals surface area contributed by atoms with E-state index in [1.165, 1.54) is 0 Å². The molecule has 0 fully saturated rings. The number of nitrogens with zero attached hydrogens (tertiary/aromatic N) is 2. The molecule has 1 aliphatic rings. The van der Waals surface area contributed by atoms with E-state index >= 15 is 0 Å². The van der Waals surface area contributed by atoms with E-state index in [4.69, 9.17) is 4.74 Å². The summed E-state index contributed by atoms with van der Waals surface area (Å²) in [6.45, 7) is 6.43. The van der Waals surface area contributed by atoms with Crippen LogP contribution in [0.25, 0.3) is 0 Å². The molecule has 130 valence electrons. The van der Waals surface area contributed by atoms with Gasteiger partial charge in [0.1, 0.15) is 11.6 Å². The third-order valence-electron chi connectivity index (χ3n) is 3.94. The Morgan fingerprint density at radius 3 is 2.67 bits per heavy atom. The minimum atomic E-state index is -3.54. The van der Waals surface area contributed by atoms with Gasteiger partial charge in [0.05, 0.1) is 16.7 Å². The molecule has 24 heavy (non-hydrogen) atoms. The number of ether oxygens (including phenoxy) is 1. The number of fused-ring (bicyclic) bond motifs is 1. The monoisotopic (exact) mass is 349 g/mol. The molecule has 0 aliphatic carbocycles. The summed E-state index contributed by atoms with van der Waals surface area (Å²) in [7, 11) is -3.54. The fourth-order valence-corrected chi connectivity index (χ4v) is 4.20. The first-order valence-electron chi connectivity index (χ1n) is 8.15. The Labute approximate surface area is 142 Å². The minimum Gasteiger partial charge on any atom is -0.491 e. The van der Waals surface area contributed by atoms with E-state index in [-0.39, 0.29) is 17.0 Å². The molecule has 0 bridgehead atoms. The molecule has 1 aromatic carbocycles. The van der Waals surface area contributed by atoms with Crippen LogP contribution in [0.5, 0.6) is 5.75 Å². The van der Waals surface area contributed by atoms with E-state index in [2.05, 4.69) is 9.71 Å². The quantitative estimate of drug-likeness (QED) is 0.899. The Balaban J connectivity index is 1.70. The number of aryl methyl sites for hydroxylation is 2. The summed E-state index contributed by atoms with van der Waals surface area (Å²) in [5.74, 6) is 1.69. The SMILES string of the molecule is Cc1cn2c(n1)CCC(NS(=O)(=O)c1ccc(OC(C)C)cc1)C2. The summed E-state index contributed by atoms with van der Waals surface area (Å²) < 4.78 is 35.5. The second kappa shape index (κ2) is 6.57. The Bertz CT molecular complexity index is 810. The lowest BCUT2D eigenvalue weighted by Crippen LogP contribution is -2.40. The van der Waals surface area contributed by atoms with Crippen molar-refractivity contribution in [1.29, 1.82) is 0 Å². The summed E-state index contributed by atoms with van der Waals surface area (Å²) in [6, 6.07) is 6.41. The molecule has 1 N–H and O–H groups in total. The van der Waals surface area contributed by atoms with Gasteiger partial charge in [-0.2, -0.15) is 0 Å². The van der Waals surface area contributed by atoms with Crippen LogP contribution in [0.1, 0.15) is 31.8 Å². The summed E-state index contributed by atoms with van der Waals surface area (Å²) >= 11 is 0. The predicted octanol–water partition coefficient (Wildman–Crippen LogP) is 2.27. The van der Waals surface area contributed by atoms with Crippen molar-refractivity contribution in [2.24, 2.45) is 0 Å². The average molecular weight is 349 g/mol. The lowest BCUT2D eigenvalue weighted by atomic mass is 10.1. The molecule has 0 saturated carbocycles. The van der Waals surface area contributed by atoms with Crippen LogP contribution < -0.4 is 9.46 Å². The third kappa shape index (κ3) is 3.79. The highest BCUT2D eigenvalue weighted by atomic mass is 32.2. The molecule has 1 atom stereocenters. The smallest absolute Gasteiger partial charge is 0.240 e. The van der Waals surface area contributed by atoms with Crippen molar-refractivity contribution in [3.05, 3.63) is 42.0 Å². The van der Waals surface area contributed by atoms with Crippen molar-refractivity contribution in [1.82, 2.24) is 14.3 Å². The standard InChI is InChI=1S/C17H23N3O3S/c1-12(2)23-15-5-7-16(8-6-15)24(21,22)19-14-4-9-17-18-13(3)10-20(17)11-14/h5-8,10,12,14,19H,4,9,11H2,1-3H3. The second-order valence-electron chi connectivity index (χ2n) is 6.45. The van der Waals surface area contributed by atoms with Crippen molar-refractivity contribution >= 4 is 10.0 Å². The molecule has 2 aromatic rings. The highest BCUT2D eigenvalue weighted by Crippen LogP contribution is 2.20. The van der Waals surface area contributed by atoms with Crippen LogP contribution in [0, 0.1) is 6.92 Å². The molecule has 0 radical (unpaired) electrons. The molecule has 1 unspecified atom stereocenters.